The number of ether oxygens (including phenoxy) is 1. The monoisotopic (exact) mass is 371 g/mol. The Balaban J connectivity index is 1.75. The molecule has 0 saturated carbocycles. The molecule has 1 heterocycles. The average molecular weight is 372 g/mol. The quantitative estimate of drug-likeness (QED) is 0.770. The Hall–Kier alpha value is -2.07. The lowest BCUT2D eigenvalue weighted by Gasteiger charge is -2.30. The van der Waals surface area contributed by atoms with E-state index in [-0.39, 0.29) is 5.78 Å². The topological polar surface area (TPSA) is 38.3 Å². The maximum absolute atomic E-state index is 12.5. The standard InChI is InChI=1S/C19H18BrNO2/c1-14-13-21-19(23-14,16-5-3-2-4-6-16)12-11-18(22)15-7-9-17(20)10-8-15/h2-10,13,21H,11-12H2,1H3. The molecule has 4 heteroatoms. The number of carbonyl (C=O) groups excluding carboxylic acids is 1. The van der Waals surface area contributed by atoms with Gasteiger partial charge in [-0.15, -0.1) is 0 Å². The molecule has 0 amide bonds. The molecule has 0 aliphatic carbocycles. The summed E-state index contributed by atoms with van der Waals surface area (Å²) in [5.74, 6) is 0.938. The van der Waals surface area contributed by atoms with Crippen molar-refractivity contribution in [1.82, 2.24) is 5.32 Å². The number of ketones is 1. The van der Waals surface area contributed by atoms with E-state index >= 15 is 0 Å². The van der Waals surface area contributed by atoms with Crippen LogP contribution < -0.4 is 5.32 Å². The molecule has 1 aliphatic rings. The second-order valence-electron chi connectivity index (χ2n) is 5.62. The lowest BCUT2D eigenvalue weighted by atomic mass is 9.95. The van der Waals surface area contributed by atoms with Gasteiger partial charge < -0.3 is 10.1 Å². The summed E-state index contributed by atoms with van der Waals surface area (Å²) < 4.78 is 7.00. The molecule has 0 bridgehead atoms. The second kappa shape index (κ2) is 6.59. The zero-order chi connectivity index (χ0) is 16.3. The van der Waals surface area contributed by atoms with Gasteiger partial charge in [0.25, 0.3) is 0 Å². The molecule has 0 spiro atoms. The fourth-order valence-corrected chi connectivity index (χ4v) is 3.00. The van der Waals surface area contributed by atoms with Crippen LogP contribution in [0.15, 0.2) is 71.0 Å². The number of carbonyl (C=O) groups is 1. The first-order valence-corrected chi connectivity index (χ1v) is 8.36. The fourth-order valence-electron chi connectivity index (χ4n) is 2.74. The molecule has 3 rings (SSSR count). The summed E-state index contributed by atoms with van der Waals surface area (Å²) in [6.45, 7) is 1.91. The number of nitrogens with one attached hydrogen (secondary N) is 1. The predicted molar refractivity (Wildman–Crippen MR) is 93.8 cm³/mol. The summed E-state index contributed by atoms with van der Waals surface area (Å²) >= 11 is 3.38. The van der Waals surface area contributed by atoms with E-state index in [1.807, 2.05) is 67.7 Å². The van der Waals surface area contributed by atoms with Gasteiger partial charge >= 0.3 is 0 Å². The van der Waals surface area contributed by atoms with Crippen molar-refractivity contribution >= 4 is 21.7 Å². The first-order chi connectivity index (χ1) is 11.1. The maximum atomic E-state index is 12.5. The van der Waals surface area contributed by atoms with Gasteiger partial charge in [0.15, 0.2) is 5.78 Å². The Morgan fingerprint density at radius 3 is 2.43 bits per heavy atom. The minimum Gasteiger partial charge on any atom is -0.467 e. The van der Waals surface area contributed by atoms with Crippen LogP contribution in [0, 0.1) is 0 Å². The first-order valence-electron chi connectivity index (χ1n) is 7.57. The lowest BCUT2D eigenvalue weighted by Crippen LogP contribution is -2.38. The van der Waals surface area contributed by atoms with Crippen LogP contribution in [0.3, 0.4) is 0 Å². The Bertz CT molecular complexity index is 725. The van der Waals surface area contributed by atoms with Crippen molar-refractivity contribution in [3.8, 4) is 0 Å². The van der Waals surface area contributed by atoms with Crippen molar-refractivity contribution in [2.75, 3.05) is 0 Å². The summed E-state index contributed by atoms with van der Waals surface area (Å²) in [4.78, 5) is 12.5. The molecule has 0 aromatic heterocycles. The smallest absolute Gasteiger partial charge is 0.206 e. The molecule has 2 aromatic rings. The molecule has 0 saturated heterocycles. The van der Waals surface area contributed by atoms with Gasteiger partial charge in [-0.2, -0.15) is 0 Å². The van der Waals surface area contributed by atoms with E-state index in [1.54, 1.807) is 0 Å². The highest BCUT2D eigenvalue weighted by atomic mass is 79.9. The molecule has 0 radical (unpaired) electrons. The van der Waals surface area contributed by atoms with Crippen LogP contribution >= 0.6 is 15.9 Å². The molecule has 23 heavy (non-hydrogen) atoms. The Labute approximate surface area is 144 Å². The summed E-state index contributed by atoms with van der Waals surface area (Å²) in [7, 11) is 0. The number of halogens is 1. The van der Waals surface area contributed by atoms with Gasteiger partial charge in [0.05, 0.1) is 0 Å². The van der Waals surface area contributed by atoms with Gasteiger partial charge in [-0.05, 0) is 19.1 Å². The van der Waals surface area contributed by atoms with E-state index in [4.69, 9.17) is 4.74 Å². The third-order valence-electron chi connectivity index (χ3n) is 3.95. The molecule has 3 nitrogen and oxygen atoms in total. The third-order valence-corrected chi connectivity index (χ3v) is 4.48. The van der Waals surface area contributed by atoms with E-state index < -0.39 is 5.72 Å². The van der Waals surface area contributed by atoms with Gasteiger partial charge in [-0.3, -0.25) is 4.79 Å². The maximum Gasteiger partial charge on any atom is 0.206 e. The molecule has 1 unspecified atom stereocenters. The molecule has 1 N–H and O–H groups in total. The van der Waals surface area contributed by atoms with Crippen LogP contribution in [0.2, 0.25) is 0 Å². The third kappa shape index (κ3) is 3.48. The summed E-state index contributed by atoms with van der Waals surface area (Å²) in [5.41, 5.74) is 1.09. The largest absolute Gasteiger partial charge is 0.467 e. The molecule has 0 fully saturated rings. The van der Waals surface area contributed by atoms with Crippen molar-refractivity contribution in [3.63, 3.8) is 0 Å². The zero-order valence-electron chi connectivity index (χ0n) is 12.9. The number of hydrogen-bond donors (Lipinski definition) is 1. The van der Waals surface area contributed by atoms with Crippen LogP contribution in [-0.2, 0) is 10.5 Å². The van der Waals surface area contributed by atoms with Crippen LogP contribution in [0.5, 0.6) is 0 Å². The zero-order valence-corrected chi connectivity index (χ0v) is 14.5. The lowest BCUT2D eigenvalue weighted by molar-refractivity contribution is -0.00485. The summed E-state index contributed by atoms with van der Waals surface area (Å²) in [5, 5.41) is 3.31. The number of benzene rings is 2. The SMILES string of the molecule is CC1=CNC(CCC(=O)c2ccc(Br)cc2)(c2ccccc2)O1. The molecule has 118 valence electrons. The molecule has 1 aliphatic heterocycles. The van der Waals surface area contributed by atoms with Gasteiger partial charge in [0.1, 0.15) is 5.76 Å². The van der Waals surface area contributed by atoms with E-state index in [0.29, 0.717) is 12.8 Å². The highest BCUT2D eigenvalue weighted by Gasteiger charge is 2.37. The number of allylic oxidation sites excluding steroid dienone is 1. The van der Waals surface area contributed by atoms with Crippen molar-refractivity contribution < 1.29 is 9.53 Å². The molecular formula is C19H18BrNO2. The average Bonchev–Trinajstić information content (AvgIpc) is 2.97. The highest BCUT2D eigenvalue weighted by molar-refractivity contribution is 9.10. The number of rotatable bonds is 5. The molecule has 1 atom stereocenters. The molecular weight excluding hydrogens is 354 g/mol. The summed E-state index contributed by atoms with van der Waals surface area (Å²) in [6, 6.07) is 17.4. The van der Waals surface area contributed by atoms with Crippen molar-refractivity contribution in [2.24, 2.45) is 0 Å². The summed E-state index contributed by atoms with van der Waals surface area (Å²) in [6.07, 6.45) is 2.83. The first kappa shape index (κ1) is 15.8. The van der Waals surface area contributed by atoms with Gasteiger partial charge in [0, 0.05) is 34.6 Å². The van der Waals surface area contributed by atoms with Crippen LogP contribution in [0.25, 0.3) is 0 Å². The van der Waals surface area contributed by atoms with Crippen LogP contribution in [-0.4, -0.2) is 5.78 Å². The Morgan fingerprint density at radius 2 is 1.83 bits per heavy atom. The van der Waals surface area contributed by atoms with Crippen molar-refractivity contribution in [3.05, 3.63) is 82.2 Å². The second-order valence-corrected chi connectivity index (χ2v) is 6.54. The van der Waals surface area contributed by atoms with Gasteiger partial charge in [-0.1, -0.05) is 58.4 Å². The molecule has 2 aromatic carbocycles. The van der Waals surface area contributed by atoms with E-state index in [9.17, 15) is 4.79 Å². The Morgan fingerprint density at radius 1 is 1.13 bits per heavy atom. The number of Topliss-reactive ketones (excluding diaryl/α,β-unsaturated/α-hetero) is 1. The normalized spacial score (nSPS) is 19.7. The number of hydrogen-bond acceptors (Lipinski definition) is 3. The van der Waals surface area contributed by atoms with E-state index in [1.165, 1.54) is 0 Å². The fraction of sp³-hybridized carbons (Fsp3) is 0.211. The van der Waals surface area contributed by atoms with Crippen molar-refractivity contribution in [2.45, 2.75) is 25.5 Å². The van der Waals surface area contributed by atoms with Gasteiger partial charge in [0.2, 0.25) is 5.72 Å². The predicted octanol–water partition coefficient (Wildman–Crippen LogP) is 4.75. The highest BCUT2D eigenvalue weighted by Crippen LogP contribution is 2.34. The minimum absolute atomic E-state index is 0.114. The van der Waals surface area contributed by atoms with Crippen molar-refractivity contribution in [1.29, 1.82) is 0 Å². The van der Waals surface area contributed by atoms with Crippen LogP contribution in [0.4, 0.5) is 0 Å². The van der Waals surface area contributed by atoms with Gasteiger partial charge in [-0.25, -0.2) is 0 Å². The van der Waals surface area contributed by atoms with E-state index in [0.717, 1.165) is 21.4 Å². The van der Waals surface area contributed by atoms with Crippen LogP contribution in [0.1, 0.15) is 35.7 Å². The minimum atomic E-state index is -0.656. The Kier molecular flexibility index (Phi) is 4.53. The van der Waals surface area contributed by atoms with E-state index in [2.05, 4.69) is 21.2 Å².